The van der Waals surface area contributed by atoms with Crippen LogP contribution in [0.3, 0.4) is 0 Å². The lowest BCUT2D eigenvalue weighted by Crippen LogP contribution is -1.95. The summed E-state index contributed by atoms with van der Waals surface area (Å²) in [5.74, 6) is 1.95. The zero-order valence-electron chi connectivity index (χ0n) is 9.49. The molecule has 0 aliphatic rings. The Balaban J connectivity index is 2.37. The molecule has 4 nitrogen and oxygen atoms in total. The van der Waals surface area contributed by atoms with Crippen molar-refractivity contribution < 1.29 is 19.1 Å². The minimum absolute atomic E-state index is 0.257. The van der Waals surface area contributed by atoms with Gasteiger partial charge >= 0.3 is 5.97 Å². The minimum Gasteiger partial charge on any atom is -0.478 e. The van der Waals surface area contributed by atoms with Crippen molar-refractivity contribution in [2.24, 2.45) is 0 Å². The van der Waals surface area contributed by atoms with Gasteiger partial charge in [0, 0.05) is 13.7 Å². The van der Waals surface area contributed by atoms with Gasteiger partial charge < -0.3 is 14.3 Å². The Morgan fingerprint density at radius 2 is 2.38 bits per heavy atom. The van der Waals surface area contributed by atoms with E-state index < -0.39 is 5.97 Å². The molecule has 1 aromatic heterocycles. The van der Waals surface area contributed by atoms with Crippen LogP contribution >= 0.6 is 11.8 Å². The van der Waals surface area contributed by atoms with E-state index >= 15 is 0 Å². The molecule has 0 radical (unpaired) electrons. The number of hydrogen-bond donors (Lipinski definition) is 1. The molecule has 0 aliphatic carbocycles. The highest BCUT2D eigenvalue weighted by atomic mass is 32.2. The average molecular weight is 244 g/mol. The van der Waals surface area contributed by atoms with Crippen LogP contribution < -0.4 is 0 Å². The van der Waals surface area contributed by atoms with Gasteiger partial charge in [-0.3, -0.25) is 0 Å². The van der Waals surface area contributed by atoms with Crippen LogP contribution in [0.25, 0.3) is 0 Å². The molecule has 16 heavy (non-hydrogen) atoms. The number of rotatable bonds is 7. The van der Waals surface area contributed by atoms with Crippen molar-refractivity contribution >= 4 is 17.7 Å². The van der Waals surface area contributed by atoms with Gasteiger partial charge in [-0.2, -0.15) is 11.8 Å². The van der Waals surface area contributed by atoms with Crippen LogP contribution in [0.5, 0.6) is 0 Å². The Morgan fingerprint density at radius 1 is 1.62 bits per heavy atom. The highest BCUT2D eigenvalue weighted by Gasteiger charge is 2.13. The summed E-state index contributed by atoms with van der Waals surface area (Å²) in [4.78, 5) is 10.8. The summed E-state index contributed by atoms with van der Waals surface area (Å²) in [5.41, 5.74) is 0.257. The SMILES string of the molecule is COCCCSCc1cc(C(=O)O)c(C)o1. The van der Waals surface area contributed by atoms with Gasteiger partial charge in [-0.15, -0.1) is 0 Å². The fourth-order valence-corrected chi connectivity index (χ4v) is 2.11. The summed E-state index contributed by atoms with van der Waals surface area (Å²) in [6, 6.07) is 1.60. The molecule has 0 spiro atoms. The summed E-state index contributed by atoms with van der Waals surface area (Å²) in [7, 11) is 1.68. The van der Waals surface area contributed by atoms with Gasteiger partial charge in [0.15, 0.2) is 0 Å². The summed E-state index contributed by atoms with van der Waals surface area (Å²) >= 11 is 1.71. The molecule has 0 saturated heterocycles. The van der Waals surface area contributed by atoms with Crippen LogP contribution in [-0.2, 0) is 10.5 Å². The largest absolute Gasteiger partial charge is 0.478 e. The van der Waals surface area contributed by atoms with E-state index in [4.69, 9.17) is 14.3 Å². The molecule has 0 aromatic carbocycles. The maximum absolute atomic E-state index is 10.8. The summed E-state index contributed by atoms with van der Waals surface area (Å²) in [6.45, 7) is 2.42. The molecule has 1 aromatic rings. The first-order valence-electron chi connectivity index (χ1n) is 5.04. The summed E-state index contributed by atoms with van der Waals surface area (Å²) in [5, 5.41) is 8.84. The van der Waals surface area contributed by atoms with E-state index in [2.05, 4.69) is 0 Å². The molecule has 0 amide bonds. The van der Waals surface area contributed by atoms with E-state index in [-0.39, 0.29) is 5.56 Å². The quantitative estimate of drug-likeness (QED) is 0.747. The molecule has 1 rings (SSSR count). The molecule has 0 fully saturated rings. The second-order valence-electron chi connectivity index (χ2n) is 3.39. The maximum atomic E-state index is 10.8. The average Bonchev–Trinajstić information content (AvgIpc) is 2.59. The van der Waals surface area contributed by atoms with Gasteiger partial charge in [0.1, 0.15) is 17.1 Å². The van der Waals surface area contributed by atoms with Crippen molar-refractivity contribution in [1.29, 1.82) is 0 Å². The fraction of sp³-hybridized carbons (Fsp3) is 0.545. The number of aromatic carboxylic acids is 1. The van der Waals surface area contributed by atoms with E-state index in [0.717, 1.165) is 24.5 Å². The third kappa shape index (κ3) is 3.90. The van der Waals surface area contributed by atoms with Crippen molar-refractivity contribution in [2.75, 3.05) is 19.5 Å². The van der Waals surface area contributed by atoms with E-state index in [9.17, 15) is 4.79 Å². The van der Waals surface area contributed by atoms with Gasteiger partial charge in [0.2, 0.25) is 0 Å². The number of carbonyl (C=O) groups is 1. The Kier molecular flexibility index (Phi) is 5.42. The molecular formula is C11H16O4S. The fourth-order valence-electron chi connectivity index (χ4n) is 1.31. The monoisotopic (exact) mass is 244 g/mol. The lowest BCUT2D eigenvalue weighted by atomic mass is 10.2. The number of furan rings is 1. The number of methoxy groups -OCH3 is 1. The second kappa shape index (κ2) is 6.60. The molecule has 0 atom stereocenters. The highest BCUT2D eigenvalue weighted by molar-refractivity contribution is 7.98. The van der Waals surface area contributed by atoms with Crippen LogP contribution in [-0.4, -0.2) is 30.5 Å². The zero-order chi connectivity index (χ0) is 12.0. The molecule has 1 heterocycles. The number of carboxylic acid groups (broad SMARTS) is 1. The first kappa shape index (κ1) is 13.1. The topological polar surface area (TPSA) is 59.7 Å². The molecule has 0 bridgehead atoms. The first-order valence-corrected chi connectivity index (χ1v) is 6.20. The molecule has 0 aliphatic heterocycles. The van der Waals surface area contributed by atoms with Gasteiger partial charge in [-0.05, 0) is 25.2 Å². The number of hydrogen-bond acceptors (Lipinski definition) is 4. The lowest BCUT2D eigenvalue weighted by molar-refractivity contribution is 0.0695. The van der Waals surface area contributed by atoms with Crippen molar-refractivity contribution in [3.63, 3.8) is 0 Å². The summed E-state index contributed by atoms with van der Waals surface area (Å²) < 4.78 is 10.3. The van der Waals surface area contributed by atoms with E-state index in [1.165, 1.54) is 0 Å². The van der Waals surface area contributed by atoms with Crippen LogP contribution in [0.1, 0.15) is 28.3 Å². The normalized spacial score (nSPS) is 10.6. The minimum atomic E-state index is -0.933. The Bertz CT molecular complexity index is 346. The Labute approximate surface area is 99.0 Å². The molecule has 1 N–H and O–H groups in total. The van der Waals surface area contributed by atoms with Crippen LogP contribution in [0.4, 0.5) is 0 Å². The van der Waals surface area contributed by atoms with Crippen molar-refractivity contribution in [1.82, 2.24) is 0 Å². The maximum Gasteiger partial charge on any atom is 0.339 e. The third-order valence-electron chi connectivity index (χ3n) is 2.08. The standard InChI is InChI=1S/C11H16O4S/c1-8-10(11(12)13)6-9(15-8)7-16-5-3-4-14-2/h6H,3-5,7H2,1-2H3,(H,12,13). The predicted molar refractivity (Wildman–Crippen MR) is 63.1 cm³/mol. The first-order chi connectivity index (χ1) is 7.65. The van der Waals surface area contributed by atoms with Crippen LogP contribution in [0, 0.1) is 6.92 Å². The van der Waals surface area contributed by atoms with Crippen molar-refractivity contribution in [3.8, 4) is 0 Å². The smallest absolute Gasteiger partial charge is 0.339 e. The Hall–Kier alpha value is -0.940. The van der Waals surface area contributed by atoms with E-state index in [1.807, 2.05) is 0 Å². The van der Waals surface area contributed by atoms with Crippen molar-refractivity contribution in [3.05, 3.63) is 23.2 Å². The number of ether oxygens (including phenoxy) is 1. The van der Waals surface area contributed by atoms with Crippen LogP contribution in [0.2, 0.25) is 0 Å². The lowest BCUT2D eigenvalue weighted by Gasteiger charge is -1.98. The molecule has 5 heteroatoms. The van der Waals surface area contributed by atoms with E-state index in [1.54, 1.807) is 31.9 Å². The number of thioether (sulfide) groups is 1. The third-order valence-corrected chi connectivity index (χ3v) is 3.15. The highest BCUT2D eigenvalue weighted by Crippen LogP contribution is 2.19. The second-order valence-corrected chi connectivity index (χ2v) is 4.49. The number of carboxylic acids is 1. The van der Waals surface area contributed by atoms with Gasteiger partial charge in [0.25, 0.3) is 0 Å². The van der Waals surface area contributed by atoms with Crippen molar-refractivity contribution in [2.45, 2.75) is 19.1 Å². The Morgan fingerprint density at radius 3 is 2.94 bits per heavy atom. The van der Waals surface area contributed by atoms with E-state index in [0.29, 0.717) is 11.5 Å². The molecule has 90 valence electrons. The zero-order valence-corrected chi connectivity index (χ0v) is 10.3. The van der Waals surface area contributed by atoms with Gasteiger partial charge in [0.05, 0.1) is 5.75 Å². The number of aryl methyl sites for hydroxylation is 1. The van der Waals surface area contributed by atoms with Gasteiger partial charge in [-0.25, -0.2) is 4.79 Å². The van der Waals surface area contributed by atoms with Crippen LogP contribution in [0.15, 0.2) is 10.5 Å². The summed E-state index contributed by atoms with van der Waals surface area (Å²) in [6.07, 6.45) is 0.993. The predicted octanol–water partition coefficient (Wildman–Crippen LogP) is 2.56. The molecular weight excluding hydrogens is 228 g/mol. The van der Waals surface area contributed by atoms with Gasteiger partial charge in [-0.1, -0.05) is 0 Å². The molecule has 0 saturated carbocycles. The molecule has 0 unspecified atom stereocenters.